The van der Waals surface area contributed by atoms with Crippen LogP contribution >= 0.6 is 27.3 Å². The summed E-state index contributed by atoms with van der Waals surface area (Å²) in [6.07, 6.45) is 0. The van der Waals surface area contributed by atoms with Gasteiger partial charge in [0.1, 0.15) is 6.04 Å². The average Bonchev–Trinajstić information content (AvgIpc) is 2.50. The maximum absolute atomic E-state index is 10.9. The van der Waals surface area contributed by atoms with Crippen LogP contribution < -0.4 is 5.32 Å². The second kappa shape index (κ2) is 5.63. The van der Waals surface area contributed by atoms with Crippen molar-refractivity contribution in [3.05, 3.63) is 20.8 Å². The minimum Gasteiger partial charge on any atom is -0.480 e. The topological polar surface area (TPSA) is 49.3 Å². The minimum atomic E-state index is -0.792. The van der Waals surface area contributed by atoms with Crippen LogP contribution in [-0.4, -0.2) is 17.1 Å². The predicted octanol–water partition coefficient (Wildman–Crippen LogP) is 2.71. The van der Waals surface area contributed by atoms with Gasteiger partial charge in [0.05, 0.1) is 3.79 Å². The third kappa shape index (κ3) is 3.93. The van der Waals surface area contributed by atoms with E-state index in [1.807, 2.05) is 25.3 Å². The number of nitrogens with one attached hydrogen (secondary N) is 1. The molecule has 5 heteroatoms. The zero-order chi connectivity index (χ0) is 11.4. The van der Waals surface area contributed by atoms with Gasteiger partial charge in [0.15, 0.2) is 0 Å². The van der Waals surface area contributed by atoms with Crippen LogP contribution in [0.1, 0.15) is 19.4 Å². The fraction of sp³-hybridized carbons (Fsp3) is 0.500. The average molecular weight is 292 g/mol. The molecule has 0 bridgehead atoms. The first-order valence-electron chi connectivity index (χ1n) is 4.70. The van der Waals surface area contributed by atoms with E-state index in [0.717, 1.165) is 9.35 Å². The van der Waals surface area contributed by atoms with Crippen molar-refractivity contribution in [3.8, 4) is 0 Å². The van der Waals surface area contributed by atoms with E-state index in [-0.39, 0.29) is 5.92 Å². The lowest BCUT2D eigenvalue weighted by Gasteiger charge is -2.17. The summed E-state index contributed by atoms with van der Waals surface area (Å²) in [5.41, 5.74) is 1.11. The molecule has 1 unspecified atom stereocenters. The molecule has 0 aliphatic heterocycles. The summed E-state index contributed by atoms with van der Waals surface area (Å²) < 4.78 is 1.07. The molecule has 0 saturated heterocycles. The highest BCUT2D eigenvalue weighted by atomic mass is 79.9. The van der Waals surface area contributed by atoms with Crippen LogP contribution in [0.25, 0.3) is 0 Å². The quantitative estimate of drug-likeness (QED) is 0.877. The van der Waals surface area contributed by atoms with Gasteiger partial charge < -0.3 is 10.4 Å². The lowest BCUT2D eigenvalue weighted by molar-refractivity contribution is -0.140. The molecular formula is C10H14BrNO2S. The van der Waals surface area contributed by atoms with Crippen molar-refractivity contribution in [2.24, 2.45) is 5.92 Å². The number of hydrogen-bond acceptors (Lipinski definition) is 3. The Hall–Kier alpha value is -0.390. The molecule has 0 amide bonds. The number of rotatable bonds is 5. The van der Waals surface area contributed by atoms with E-state index < -0.39 is 12.0 Å². The van der Waals surface area contributed by atoms with Gasteiger partial charge in [-0.3, -0.25) is 4.79 Å². The highest BCUT2D eigenvalue weighted by Gasteiger charge is 2.20. The van der Waals surface area contributed by atoms with Crippen LogP contribution in [0.2, 0.25) is 0 Å². The van der Waals surface area contributed by atoms with Gasteiger partial charge in [-0.05, 0) is 38.9 Å². The maximum atomic E-state index is 10.9. The number of carboxylic acid groups (broad SMARTS) is 1. The fourth-order valence-corrected chi connectivity index (χ4v) is 2.48. The molecule has 1 rings (SSSR count). The van der Waals surface area contributed by atoms with Crippen LogP contribution in [0.3, 0.4) is 0 Å². The van der Waals surface area contributed by atoms with Gasteiger partial charge >= 0.3 is 5.97 Å². The van der Waals surface area contributed by atoms with Crippen molar-refractivity contribution in [1.82, 2.24) is 5.32 Å². The molecule has 0 aliphatic carbocycles. The largest absolute Gasteiger partial charge is 0.480 e. The molecule has 15 heavy (non-hydrogen) atoms. The van der Waals surface area contributed by atoms with Crippen LogP contribution in [0.5, 0.6) is 0 Å². The summed E-state index contributed by atoms with van der Waals surface area (Å²) in [5, 5.41) is 14.0. The third-order valence-corrected chi connectivity index (χ3v) is 3.63. The first kappa shape index (κ1) is 12.7. The van der Waals surface area contributed by atoms with Crippen LogP contribution in [0.15, 0.2) is 15.2 Å². The summed E-state index contributed by atoms with van der Waals surface area (Å²) in [5.74, 6) is -0.705. The third-order valence-electron chi connectivity index (χ3n) is 2.08. The summed E-state index contributed by atoms with van der Waals surface area (Å²) in [6, 6.07) is 1.51. The van der Waals surface area contributed by atoms with Crippen molar-refractivity contribution in [1.29, 1.82) is 0 Å². The summed E-state index contributed by atoms with van der Waals surface area (Å²) in [6.45, 7) is 4.39. The smallest absolute Gasteiger partial charge is 0.320 e. The van der Waals surface area contributed by atoms with Gasteiger partial charge in [0.25, 0.3) is 0 Å². The lowest BCUT2D eigenvalue weighted by Crippen LogP contribution is -2.40. The van der Waals surface area contributed by atoms with Crippen molar-refractivity contribution in [3.63, 3.8) is 0 Å². The molecule has 0 fully saturated rings. The Labute approximate surface area is 102 Å². The van der Waals surface area contributed by atoms with E-state index in [9.17, 15) is 4.79 Å². The molecule has 0 radical (unpaired) electrons. The van der Waals surface area contributed by atoms with Crippen molar-refractivity contribution >= 4 is 33.2 Å². The van der Waals surface area contributed by atoms with Gasteiger partial charge in [-0.15, -0.1) is 11.3 Å². The van der Waals surface area contributed by atoms with E-state index >= 15 is 0 Å². The predicted molar refractivity (Wildman–Crippen MR) is 65.1 cm³/mol. The lowest BCUT2D eigenvalue weighted by atomic mass is 10.0. The molecule has 1 aromatic heterocycles. The molecule has 2 N–H and O–H groups in total. The number of carbonyl (C=O) groups is 1. The highest BCUT2D eigenvalue weighted by Crippen LogP contribution is 2.20. The Balaban J connectivity index is 2.50. The van der Waals surface area contributed by atoms with E-state index in [4.69, 9.17) is 5.11 Å². The van der Waals surface area contributed by atoms with Crippen LogP contribution in [0, 0.1) is 5.92 Å². The monoisotopic (exact) mass is 291 g/mol. The zero-order valence-electron chi connectivity index (χ0n) is 8.66. The normalized spacial score (nSPS) is 13.1. The Bertz CT molecular complexity index is 338. The molecule has 0 saturated carbocycles. The molecule has 0 aromatic carbocycles. The second-order valence-electron chi connectivity index (χ2n) is 3.70. The fourth-order valence-electron chi connectivity index (χ4n) is 1.27. The second-order valence-corrected chi connectivity index (χ2v) is 5.99. The Morgan fingerprint density at radius 2 is 2.33 bits per heavy atom. The van der Waals surface area contributed by atoms with Crippen LogP contribution in [0.4, 0.5) is 0 Å². The van der Waals surface area contributed by atoms with Gasteiger partial charge in [0, 0.05) is 6.54 Å². The highest BCUT2D eigenvalue weighted by molar-refractivity contribution is 9.11. The van der Waals surface area contributed by atoms with Crippen molar-refractivity contribution < 1.29 is 9.90 Å². The van der Waals surface area contributed by atoms with Gasteiger partial charge in [-0.2, -0.15) is 0 Å². The Morgan fingerprint density at radius 1 is 1.67 bits per heavy atom. The van der Waals surface area contributed by atoms with E-state index in [0.29, 0.717) is 6.54 Å². The number of carboxylic acids is 1. The molecule has 84 valence electrons. The number of aliphatic carboxylic acids is 1. The molecule has 0 aliphatic rings. The number of hydrogen-bond donors (Lipinski definition) is 2. The minimum absolute atomic E-state index is 0.0876. The van der Waals surface area contributed by atoms with Crippen LogP contribution in [-0.2, 0) is 11.3 Å². The van der Waals surface area contributed by atoms with Gasteiger partial charge in [-0.25, -0.2) is 0 Å². The molecule has 3 nitrogen and oxygen atoms in total. The molecule has 0 spiro atoms. The van der Waals surface area contributed by atoms with E-state index in [2.05, 4.69) is 21.2 Å². The molecule has 1 aromatic rings. The first-order chi connectivity index (χ1) is 7.00. The molecule has 1 atom stereocenters. The number of halogens is 1. The van der Waals surface area contributed by atoms with Crippen molar-refractivity contribution in [2.45, 2.75) is 26.4 Å². The Kier molecular flexibility index (Phi) is 4.76. The van der Waals surface area contributed by atoms with Crippen molar-refractivity contribution in [2.75, 3.05) is 0 Å². The summed E-state index contributed by atoms with van der Waals surface area (Å²) in [7, 11) is 0. The van der Waals surface area contributed by atoms with E-state index in [1.165, 1.54) is 0 Å². The maximum Gasteiger partial charge on any atom is 0.320 e. The summed E-state index contributed by atoms with van der Waals surface area (Å²) in [4.78, 5) is 10.9. The van der Waals surface area contributed by atoms with Gasteiger partial charge in [-0.1, -0.05) is 13.8 Å². The first-order valence-corrected chi connectivity index (χ1v) is 6.37. The number of thiophene rings is 1. The SMILES string of the molecule is CC(C)C(NCc1csc(Br)c1)C(=O)O. The van der Waals surface area contributed by atoms with Gasteiger partial charge in [0.2, 0.25) is 0 Å². The zero-order valence-corrected chi connectivity index (χ0v) is 11.1. The standard InChI is InChI=1S/C10H14BrNO2S/c1-6(2)9(10(13)14)12-4-7-3-8(11)15-5-7/h3,5-6,9,12H,4H2,1-2H3,(H,13,14). The summed E-state index contributed by atoms with van der Waals surface area (Å²) >= 11 is 4.97. The van der Waals surface area contributed by atoms with E-state index in [1.54, 1.807) is 11.3 Å². The molecular weight excluding hydrogens is 278 g/mol. The Morgan fingerprint density at radius 3 is 2.73 bits per heavy atom. The molecule has 1 heterocycles.